The Hall–Kier alpha value is -1.55. The van der Waals surface area contributed by atoms with Gasteiger partial charge in [-0.15, -0.1) is 0 Å². The van der Waals surface area contributed by atoms with E-state index in [0.717, 1.165) is 64.2 Å². The summed E-state index contributed by atoms with van der Waals surface area (Å²) < 4.78 is 5.42. The van der Waals surface area contributed by atoms with Crippen LogP contribution in [0.1, 0.15) is 37.7 Å². The molecule has 0 aromatic heterocycles. The molecule has 0 unspecified atom stereocenters. The summed E-state index contributed by atoms with van der Waals surface area (Å²) in [5.41, 5.74) is 1.29. The molecule has 4 heteroatoms. The molecule has 1 aliphatic heterocycles. The van der Waals surface area contributed by atoms with Gasteiger partial charge in [-0.25, -0.2) is 0 Å². The van der Waals surface area contributed by atoms with E-state index >= 15 is 0 Å². The van der Waals surface area contributed by atoms with Gasteiger partial charge in [0.25, 0.3) is 0 Å². The number of para-hydroxylation sites is 1. The van der Waals surface area contributed by atoms with Crippen molar-refractivity contribution >= 4 is 5.91 Å². The quantitative estimate of drug-likeness (QED) is 0.804. The van der Waals surface area contributed by atoms with Crippen molar-refractivity contribution in [1.82, 2.24) is 9.80 Å². The van der Waals surface area contributed by atoms with Crippen molar-refractivity contribution < 1.29 is 9.53 Å². The van der Waals surface area contributed by atoms with E-state index in [4.69, 9.17) is 4.74 Å². The molecule has 1 aliphatic carbocycles. The lowest BCUT2D eigenvalue weighted by Gasteiger charge is -2.36. The van der Waals surface area contributed by atoms with E-state index in [1.54, 1.807) is 7.11 Å². The largest absolute Gasteiger partial charge is 0.496 e. The first-order valence-electron chi connectivity index (χ1n) is 9.41. The van der Waals surface area contributed by atoms with Crippen LogP contribution in [0.2, 0.25) is 0 Å². The van der Waals surface area contributed by atoms with E-state index in [1.807, 2.05) is 12.1 Å². The maximum Gasteiger partial charge on any atom is 0.225 e. The van der Waals surface area contributed by atoms with Crippen LogP contribution >= 0.6 is 0 Å². The maximum atomic E-state index is 12.5. The van der Waals surface area contributed by atoms with Crippen molar-refractivity contribution in [2.45, 2.75) is 38.5 Å². The average Bonchev–Trinajstić information content (AvgIpc) is 3.17. The Kier molecular flexibility index (Phi) is 6.13. The van der Waals surface area contributed by atoms with Crippen LogP contribution in [0.4, 0.5) is 0 Å². The van der Waals surface area contributed by atoms with E-state index in [-0.39, 0.29) is 0 Å². The Labute approximate surface area is 145 Å². The molecule has 3 rings (SSSR count). The number of rotatable bonds is 6. The van der Waals surface area contributed by atoms with Crippen molar-refractivity contribution in [2.24, 2.45) is 5.92 Å². The number of ether oxygens (including phenoxy) is 1. The number of nitrogens with zero attached hydrogens (tertiary/aromatic N) is 2. The zero-order valence-corrected chi connectivity index (χ0v) is 14.9. The number of carbonyl (C=O) groups excluding carboxylic acids is 1. The van der Waals surface area contributed by atoms with E-state index in [0.29, 0.717) is 11.8 Å². The zero-order valence-electron chi connectivity index (χ0n) is 14.9. The van der Waals surface area contributed by atoms with Crippen molar-refractivity contribution in [3.8, 4) is 5.75 Å². The van der Waals surface area contributed by atoms with Crippen LogP contribution in [-0.2, 0) is 11.2 Å². The molecule has 0 radical (unpaired) electrons. The zero-order chi connectivity index (χ0) is 16.8. The molecule has 1 aromatic rings. The molecule has 2 fully saturated rings. The maximum absolute atomic E-state index is 12.5. The summed E-state index contributed by atoms with van der Waals surface area (Å²) in [4.78, 5) is 17.1. The molecule has 1 heterocycles. The second-order valence-corrected chi connectivity index (χ2v) is 7.06. The predicted molar refractivity (Wildman–Crippen MR) is 96.3 cm³/mol. The molecule has 0 bridgehead atoms. The minimum Gasteiger partial charge on any atom is -0.496 e. The topological polar surface area (TPSA) is 32.8 Å². The molecule has 1 aromatic carbocycles. The van der Waals surface area contributed by atoms with Gasteiger partial charge in [-0.2, -0.15) is 0 Å². The Morgan fingerprint density at radius 3 is 2.54 bits per heavy atom. The minimum atomic E-state index is 0.321. The summed E-state index contributed by atoms with van der Waals surface area (Å²) in [6.07, 6.45) is 6.87. The van der Waals surface area contributed by atoms with Crippen LogP contribution < -0.4 is 4.74 Å². The number of amides is 1. The van der Waals surface area contributed by atoms with Crippen molar-refractivity contribution in [2.75, 3.05) is 39.8 Å². The molecule has 4 nitrogen and oxygen atoms in total. The lowest BCUT2D eigenvalue weighted by Crippen LogP contribution is -2.50. The highest BCUT2D eigenvalue weighted by molar-refractivity contribution is 5.79. The van der Waals surface area contributed by atoms with Gasteiger partial charge in [-0.1, -0.05) is 31.0 Å². The van der Waals surface area contributed by atoms with Gasteiger partial charge in [0.05, 0.1) is 7.11 Å². The van der Waals surface area contributed by atoms with E-state index < -0.39 is 0 Å². The van der Waals surface area contributed by atoms with E-state index in [2.05, 4.69) is 21.9 Å². The van der Waals surface area contributed by atoms with Gasteiger partial charge < -0.3 is 9.64 Å². The number of carbonyl (C=O) groups is 1. The number of aryl methyl sites for hydroxylation is 1. The Morgan fingerprint density at radius 2 is 1.83 bits per heavy atom. The molecule has 0 atom stereocenters. The number of hydrogen-bond acceptors (Lipinski definition) is 3. The fourth-order valence-corrected chi connectivity index (χ4v) is 4.03. The lowest BCUT2D eigenvalue weighted by molar-refractivity contribution is -0.137. The molecule has 24 heavy (non-hydrogen) atoms. The fourth-order valence-electron chi connectivity index (χ4n) is 4.03. The van der Waals surface area contributed by atoms with Gasteiger partial charge in [0, 0.05) is 32.1 Å². The third-order valence-electron chi connectivity index (χ3n) is 5.50. The standard InChI is InChI=1S/C20H30N2O2/c1-24-19-11-5-4-7-17(19)10-6-12-21-13-15-22(16-14-21)20(23)18-8-2-3-9-18/h4-5,7,11,18H,2-3,6,8-10,12-16H2,1H3. The van der Waals surface area contributed by atoms with E-state index in [9.17, 15) is 4.79 Å². The van der Waals surface area contributed by atoms with Gasteiger partial charge in [0.1, 0.15) is 5.75 Å². The average molecular weight is 330 g/mol. The van der Waals surface area contributed by atoms with Crippen LogP contribution in [0.5, 0.6) is 5.75 Å². The number of methoxy groups -OCH3 is 1. The van der Waals surface area contributed by atoms with Gasteiger partial charge in [-0.05, 0) is 43.9 Å². The molecular formula is C20H30N2O2. The molecule has 1 saturated carbocycles. The van der Waals surface area contributed by atoms with Gasteiger partial charge in [0.2, 0.25) is 5.91 Å². The summed E-state index contributed by atoms with van der Waals surface area (Å²) in [6, 6.07) is 8.27. The smallest absolute Gasteiger partial charge is 0.225 e. The van der Waals surface area contributed by atoms with Crippen molar-refractivity contribution in [1.29, 1.82) is 0 Å². The SMILES string of the molecule is COc1ccccc1CCCN1CCN(C(=O)C2CCCC2)CC1. The first kappa shape index (κ1) is 17.3. The summed E-state index contributed by atoms with van der Waals surface area (Å²) in [6.45, 7) is 4.95. The molecule has 0 N–H and O–H groups in total. The molecule has 1 amide bonds. The van der Waals surface area contributed by atoms with Gasteiger partial charge >= 0.3 is 0 Å². The second kappa shape index (κ2) is 8.52. The molecule has 2 aliphatic rings. The Balaban J connectivity index is 1.38. The highest BCUT2D eigenvalue weighted by Gasteiger charge is 2.29. The molecular weight excluding hydrogens is 300 g/mol. The highest BCUT2D eigenvalue weighted by Crippen LogP contribution is 2.27. The lowest BCUT2D eigenvalue weighted by atomic mass is 10.1. The van der Waals surface area contributed by atoms with Crippen molar-refractivity contribution in [3.63, 3.8) is 0 Å². The summed E-state index contributed by atoms with van der Waals surface area (Å²) >= 11 is 0. The first-order chi connectivity index (χ1) is 11.8. The van der Waals surface area contributed by atoms with Crippen LogP contribution in [-0.4, -0.2) is 55.5 Å². The summed E-state index contributed by atoms with van der Waals surface area (Å²) in [5.74, 6) is 1.73. The highest BCUT2D eigenvalue weighted by atomic mass is 16.5. The van der Waals surface area contributed by atoms with Crippen LogP contribution in [0.3, 0.4) is 0 Å². The fraction of sp³-hybridized carbons (Fsp3) is 0.650. The normalized spacial score (nSPS) is 19.6. The second-order valence-electron chi connectivity index (χ2n) is 7.06. The van der Waals surface area contributed by atoms with Crippen LogP contribution in [0, 0.1) is 5.92 Å². The summed E-state index contributed by atoms with van der Waals surface area (Å²) in [7, 11) is 1.74. The first-order valence-corrected chi connectivity index (χ1v) is 9.41. The number of benzene rings is 1. The van der Waals surface area contributed by atoms with Gasteiger partial charge in [0.15, 0.2) is 0 Å². The molecule has 1 saturated heterocycles. The third-order valence-corrected chi connectivity index (χ3v) is 5.50. The number of piperazine rings is 1. The third kappa shape index (κ3) is 4.29. The van der Waals surface area contributed by atoms with Crippen LogP contribution in [0.15, 0.2) is 24.3 Å². The monoisotopic (exact) mass is 330 g/mol. The minimum absolute atomic E-state index is 0.321. The predicted octanol–water partition coefficient (Wildman–Crippen LogP) is 2.96. The summed E-state index contributed by atoms with van der Waals surface area (Å²) in [5, 5.41) is 0. The van der Waals surface area contributed by atoms with Crippen molar-refractivity contribution in [3.05, 3.63) is 29.8 Å². The molecule has 132 valence electrons. The Morgan fingerprint density at radius 1 is 1.12 bits per heavy atom. The molecule has 0 spiro atoms. The van der Waals surface area contributed by atoms with E-state index in [1.165, 1.54) is 18.4 Å². The van der Waals surface area contributed by atoms with Gasteiger partial charge in [-0.3, -0.25) is 9.69 Å². The Bertz CT molecular complexity index is 532. The van der Waals surface area contributed by atoms with Crippen LogP contribution in [0.25, 0.3) is 0 Å². The number of hydrogen-bond donors (Lipinski definition) is 0.